The van der Waals surface area contributed by atoms with Gasteiger partial charge in [-0.1, -0.05) is 12.1 Å². The summed E-state index contributed by atoms with van der Waals surface area (Å²) in [6.07, 6.45) is 3.12. The van der Waals surface area contributed by atoms with E-state index < -0.39 is 0 Å². The molecule has 7 heteroatoms. The Kier molecular flexibility index (Phi) is 5.06. The molecule has 1 aromatic carbocycles. The van der Waals surface area contributed by atoms with Gasteiger partial charge in [0.2, 0.25) is 0 Å². The lowest BCUT2D eigenvalue weighted by molar-refractivity contribution is 0.0914. The molecule has 0 bridgehead atoms. The fourth-order valence-corrected chi connectivity index (χ4v) is 2.89. The van der Waals surface area contributed by atoms with Gasteiger partial charge in [-0.05, 0) is 32.9 Å². The van der Waals surface area contributed by atoms with Crippen LogP contribution in [-0.4, -0.2) is 47.6 Å². The fourth-order valence-electron chi connectivity index (χ4n) is 2.89. The topological polar surface area (TPSA) is 61.4 Å². The van der Waals surface area contributed by atoms with Crippen molar-refractivity contribution in [1.29, 1.82) is 0 Å². The predicted octanol–water partition coefficient (Wildman–Crippen LogP) is 2.47. The number of hydrogen-bond acceptors (Lipinski definition) is 5. The quantitative estimate of drug-likeness (QED) is 0.914. The summed E-state index contributed by atoms with van der Waals surface area (Å²) < 4.78 is 13.9. The highest BCUT2D eigenvalue weighted by molar-refractivity contribution is 5.92. The average Bonchev–Trinajstić information content (AvgIpc) is 2.61. The van der Waals surface area contributed by atoms with Crippen LogP contribution in [0.3, 0.4) is 0 Å². The number of hydrogen-bond donors (Lipinski definition) is 1. The molecule has 138 valence electrons. The number of piperazine rings is 1. The van der Waals surface area contributed by atoms with E-state index >= 15 is 0 Å². The summed E-state index contributed by atoms with van der Waals surface area (Å²) in [6.45, 7) is 8.60. The molecule has 0 saturated carbocycles. The molecule has 3 rings (SSSR count). The highest BCUT2D eigenvalue weighted by Crippen LogP contribution is 2.21. The second kappa shape index (κ2) is 7.27. The monoisotopic (exact) mass is 357 g/mol. The zero-order valence-corrected chi connectivity index (χ0v) is 15.4. The zero-order valence-electron chi connectivity index (χ0n) is 15.4. The standard InChI is InChI=1S/C19H24FN5O/c1-19(2,3)23-18(26)15-12-22-17(13-21-15)25-10-8-24(9-11-25)16-7-5-4-6-14(16)20/h4-7,12-13H,8-11H2,1-3H3,(H,23,26). The number of nitrogens with zero attached hydrogens (tertiary/aromatic N) is 4. The maximum Gasteiger partial charge on any atom is 0.271 e. The van der Waals surface area contributed by atoms with Crippen LogP contribution in [0.4, 0.5) is 15.9 Å². The molecule has 0 radical (unpaired) electrons. The van der Waals surface area contributed by atoms with E-state index in [1.165, 1.54) is 12.3 Å². The summed E-state index contributed by atoms with van der Waals surface area (Å²) in [4.78, 5) is 24.9. The van der Waals surface area contributed by atoms with Crippen LogP contribution in [-0.2, 0) is 0 Å². The third kappa shape index (κ3) is 4.28. The Bertz CT molecular complexity index is 764. The molecule has 0 atom stereocenters. The van der Waals surface area contributed by atoms with Gasteiger partial charge in [0.15, 0.2) is 0 Å². The van der Waals surface area contributed by atoms with Crippen molar-refractivity contribution >= 4 is 17.4 Å². The highest BCUT2D eigenvalue weighted by Gasteiger charge is 2.21. The Morgan fingerprint density at radius 3 is 2.27 bits per heavy atom. The van der Waals surface area contributed by atoms with Crippen LogP contribution in [0.2, 0.25) is 0 Å². The third-order valence-corrected chi connectivity index (χ3v) is 4.16. The van der Waals surface area contributed by atoms with Crippen molar-refractivity contribution in [3.63, 3.8) is 0 Å². The summed E-state index contributed by atoms with van der Waals surface area (Å²) in [7, 11) is 0. The molecule has 1 saturated heterocycles. The summed E-state index contributed by atoms with van der Waals surface area (Å²) in [5.74, 6) is 0.293. The van der Waals surface area contributed by atoms with Crippen molar-refractivity contribution in [2.75, 3.05) is 36.0 Å². The number of aromatic nitrogens is 2. The van der Waals surface area contributed by atoms with Crippen molar-refractivity contribution < 1.29 is 9.18 Å². The van der Waals surface area contributed by atoms with Crippen LogP contribution in [0.25, 0.3) is 0 Å². The van der Waals surface area contributed by atoms with Crippen LogP contribution in [0, 0.1) is 5.82 Å². The number of rotatable bonds is 3. The lowest BCUT2D eigenvalue weighted by Gasteiger charge is -2.36. The number of para-hydroxylation sites is 1. The van der Waals surface area contributed by atoms with Gasteiger partial charge in [0, 0.05) is 31.7 Å². The fraction of sp³-hybridized carbons (Fsp3) is 0.421. The van der Waals surface area contributed by atoms with E-state index in [1.54, 1.807) is 18.3 Å². The Labute approximate surface area is 153 Å². The van der Waals surface area contributed by atoms with Gasteiger partial charge in [0.25, 0.3) is 5.91 Å². The van der Waals surface area contributed by atoms with Gasteiger partial charge in [-0.3, -0.25) is 4.79 Å². The van der Waals surface area contributed by atoms with Crippen LogP contribution < -0.4 is 15.1 Å². The van der Waals surface area contributed by atoms with Crippen LogP contribution in [0.1, 0.15) is 31.3 Å². The SMILES string of the molecule is CC(C)(C)NC(=O)c1cnc(N2CCN(c3ccccc3F)CC2)cn1. The van der Waals surface area contributed by atoms with Gasteiger partial charge in [-0.2, -0.15) is 0 Å². The van der Waals surface area contributed by atoms with E-state index in [0.29, 0.717) is 24.5 Å². The first-order chi connectivity index (χ1) is 12.3. The first-order valence-electron chi connectivity index (χ1n) is 8.72. The maximum absolute atomic E-state index is 13.9. The second-order valence-electron chi connectivity index (χ2n) is 7.39. The van der Waals surface area contributed by atoms with Gasteiger partial charge < -0.3 is 15.1 Å². The first-order valence-corrected chi connectivity index (χ1v) is 8.72. The summed E-state index contributed by atoms with van der Waals surface area (Å²) in [5, 5.41) is 2.87. The van der Waals surface area contributed by atoms with Crippen molar-refractivity contribution in [2.45, 2.75) is 26.3 Å². The van der Waals surface area contributed by atoms with Gasteiger partial charge in [-0.25, -0.2) is 14.4 Å². The van der Waals surface area contributed by atoms with E-state index in [4.69, 9.17) is 0 Å². The number of nitrogens with one attached hydrogen (secondary N) is 1. The molecule has 1 amide bonds. The van der Waals surface area contributed by atoms with Crippen molar-refractivity contribution in [3.8, 4) is 0 Å². The lowest BCUT2D eigenvalue weighted by atomic mass is 10.1. The number of amides is 1. The lowest BCUT2D eigenvalue weighted by Crippen LogP contribution is -2.47. The Morgan fingerprint density at radius 1 is 1.04 bits per heavy atom. The minimum absolute atomic E-state index is 0.199. The minimum atomic E-state index is -0.319. The smallest absolute Gasteiger partial charge is 0.271 e. The van der Waals surface area contributed by atoms with E-state index in [0.717, 1.165) is 18.9 Å². The molecule has 1 N–H and O–H groups in total. The van der Waals surface area contributed by atoms with Crippen LogP contribution >= 0.6 is 0 Å². The highest BCUT2D eigenvalue weighted by atomic mass is 19.1. The van der Waals surface area contributed by atoms with Crippen molar-refractivity contribution in [2.24, 2.45) is 0 Å². The zero-order chi connectivity index (χ0) is 18.7. The molecule has 1 aromatic heterocycles. The van der Waals surface area contributed by atoms with Crippen LogP contribution in [0.5, 0.6) is 0 Å². The largest absolute Gasteiger partial charge is 0.366 e. The normalized spacial score (nSPS) is 15.1. The molecular formula is C19H24FN5O. The Morgan fingerprint density at radius 2 is 1.69 bits per heavy atom. The van der Waals surface area contributed by atoms with Crippen molar-refractivity contribution in [3.05, 3.63) is 48.2 Å². The van der Waals surface area contributed by atoms with Gasteiger partial charge in [-0.15, -0.1) is 0 Å². The number of anilines is 2. The number of halogens is 1. The number of carbonyl (C=O) groups is 1. The summed E-state index contributed by atoms with van der Waals surface area (Å²) in [5.41, 5.74) is 0.613. The van der Waals surface area contributed by atoms with E-state index in [-0.39, 0.29) is 17.3 Å². The van der Waals surface area contributed by atoms with Gasteiger partial charge in [0.05, 0.1) is 18.1 Å². The predicted molar refractivity (Wildman–Crippen MR) is 100 cm³/mol. The molecule has 1 aliphatic heterocycles. The average molecular weight is 357 g/mol. The molecule has 2 aromatic rings. The molecule has 2 heterocycles. The molecule has 6 nitrogen and oxygen atoms in total. The van der Waals surface area contributed by atoms with Gasteiger partial charge >= 0.3 is 0 Å². The summed E-state index contributed by atoms with van der Waals surface area (Å²) in [6, 6.07) is 6.82. The Balaban J connectivity index is 1.61. The van der Waals surface area contributed by atoms with E-state index in [2.05, 4.69) is 20.2 Å². The first kappa shape index (κ1) is 18.1. The second-order valence-corrected chi connectivity index (χ2v) is 7.39. The molecule has 0 spiro atoms. The van der Waals surface area contributed by atoms with Crippen molar-refractivity contribution in [1.82, 2.24) is 15.3 Å². The van der Waals surface area contributed by atoms with Gasteiger partial charge in [0.1, 0.15) is 17.3 Å². The number of benzene rings is 1. The molecule has 0 aliphatic carbocycles. The Hall–Kier alpha value is -2.70. The number of carbonyl (C=O) groups excluding carboxylic acids is 1. The van der Waals surface area contributed by atoms with E-state index in [1.807, 2.05) is 31.7 Å². The molecule has 26 heavy (non-hydrogen) atoms. The van der Waals surface area contributed by atoms with E-state index in [9.17, 15) is 9.18 Å². The molecule has 1 aliphatic rings. The maximum atomic E-state index is 13.9. The molecular weight excluding hydrogens is 333 g/mol. The summed E-state index contributed by atoms with van der Waals surface area (Å²) >= 11 is 0. The van der Waals surface area contributed by atoms with Crippen LogP contribution in [0.15, 0.2) is 36.7 Å². The minimum Gasteiger partial charge on any atom is -0.366 e. The molecule has 0 unspecified atom stereocenters. The molecule has 1 fully saturated rings. The third-order valence-electron chi connectivity index (χ3n) is 4.16.